The van der Waals surface area contributed by atoms with Gasteiger partial charge in [0, 0.05) is 23.5 Å². The first-order valence-corrected chi connectivity index (χ1v) is 8.98. The van der Waals surface area contributed by atoms with E-state index in [1.807, 2.05) is 6.92 Å². The molecular weight excluding hydrogens is 351 g/mol. The fourth-order valence-corrected chi connectivity index (χ4v) is 2.83. The molecule has 1 heterocycles. The molecule has 7 heteroatoms. The predicted molar refractivity (Wildman–Crippen MR) is 102 cm³/mol. The molecule has 0 fully saturated rings. The van der Waals surface area contributed by atoms with Gasteiger partial charge in [-0.1, -0.05) is 0 Å². The molecule has 27 heavy (non-hydrogen) atoms. The summed E-state index contributed by atoms with van der Waals surface area (Å²) in [5, 5.41) is 3.31. The van der Waals surface area contributed by atoms with Crippen molar-refractivity contribution in [3.05, 3.63) is 35.3 Å². The number of carbonyl (C=O) groups is 2. The van der Waals surface area contributed by atoms with Gasteiger partial charge in [-0.05, 0) is 65.3 Å². The molecule has 0 saturated heterocycles. The molecule has 2 aromatic rings. The second kappa shape index (κ2) is 7.98. The SMILES string of the molecule is CCOC(=O)c1cc2cc(F)c(C)cc2n1[C@H](C)CNC(=O)OC(C)(C)C. The molecule has 0 spiro atoms. The Morgan fingerprint density at radius 1 is 1.26 bits per heavy atom. The third-order valence-electron chi connectivity index (χ3n) is 3.99. The van der Waals surface area contributed by atoms with Crippen LogP contribution in [0.25, 0.3) is 10.9 Å². The monoisotopic (exact) mass is 378 g/mol. The summed E-state index contributed by atoms with van der Waals surface area (Å²) in [6.45, 7) is 11.1. The van der Waals surface area contributed by atoms with Crippen molar-refractivity contribution < 1.29 is 23.5 Å². The van der Waals surface area contributed by atoms with Gasteiger partial charge >= 0.3 is 12.1 Å². The van der Waals surface area contributed by atoms with Crippen molar-refractivity contribution >= 4 is 23.0 Å². The summed E-state index contributed by atoms with van der Waals surface area (Å²) < 4.78 is 26.1. The van der Waals surface area contributed by atoms with Gasteiger partial charge in [-0.2, -0.15) is 0 Å². The zero-order valence-corrected chi connectivity index (χ0v) is 16.7. The highest BCUT2D eigenvalue weighted by Gasteiger charge is 2.23. The topological polar surface area (TPSA) is 69.6 Å². The van der Waals surface area contributed by atoms with Crippen LogP contribution in [0.1, 0.15) is 56.7 Å². The highest BCUT2D eigenvalue weighted by Crippen LogP contribution is 2.27. The van der Waals surface area contributed by atoms with Crippen molar-refractivity contribution in [1.29, 1.82) is 0 Å². The average Bonchev–Trinajstić information content (AvgIpc) is 2.90. The van der Waals surface area contributed by atoms with E-state index in [1.54, 1.807) is 51.3 Å². The lowest BCUT2D eigenvalue weighted by molar-refractivity contribution is 0.0512. The Labute approximate surface area is 158 Å². The summed E-state index contributed by atoms with van der Waals surface area (Å²) in [5.74, 6) is -0.828. The molecule has 0 aliphatic rings. The average molecular weight is 378 g/mol. The van der Waals surface area contributed by atoms with E-state index in [0.717, 1.165) is 0 Å². The molecule has 0 aliphatic heterocycles. The predicted octanol–water partition coefficient (Wildman–Crippen LogP) is 4.35. The van der Waals surface area contributed by atoms with E-state index in [-0.39, 0.29) is 25.0 Å². The molecule has 1 aromatic heterocycles. The van der Waals surface area contributed by atoms with Gasteiger partial charge in [-0.25, -0.2) is 14.0 Å². The van der Waals surface area contributed by atoms with Crippen LogP contribution in [0.15, 0.2) is 18.2 Å². The number of amides is 1. The standard InChI is InChI=1S/C20H27FN2O4/c1-7-26-18(24)17-10-14-9-15(21)12(2)8-16(14)23(17)13(3)11-22-19(25)27-20(4,5)6/h8-10,13H,7,11H2,1-6H3,(H,22,25)/t13-/m1/s1. The largest absolute Gasteiger partial charge is 0.461 e. The summed E-state index contributed by atoms with van der Waals surface area (Å²) in [4.78, 5) is 24.3. The van der Waals surface area contributed by atoms with Gasteiger partial charge in [-0.15, -0.1) is 0 Å². The van der Waals surface area contributed by atoms with Gasteiger partial charge in [0.2, 0.25) is 0 Å². The maximum atomic E-state index is 14.0. The molecule has 0 bridgehead atoms. The summed E-state index contributed by atoms with van der Waals surface area (Å²) in [6, 6.07) is 4.43. The van der Waals surface area contributed by atoms with Crippen molar-refractivity contribution in [2.75, 3.05) is 13.2 Å². The number of fused-ring (bicyclic) bond motifs is 1. The quantitative estimate of drug-likeness (QED) is 0.785. The number of hydrogen-bond donors (Lipinski definition) is 1. The number of rotatable bonds is 5. The number of carbonyl (C=O) groups excluding carboxylic acids is 2. The van der Waals surface area contributed by atoms with Crippen molar-refractivity contribution in [3.8, 4) is 0 Å². The molecule has 1 aromatic carbocycles. The van der Waals surface area contributed by atoms with E-state index in [0.29, 0.717) is 22.2 Å². The molecule has 1 atom stereocenters. The van der Waals surface area contributed by atoms with Gasteiger partial charge in [-0.3, -0.25) is 0 Å². The van der Waals surface area contributed by atoms with Crippen LogP contribution in [0.3, 0.4) is 0 Å². The number of ether oxygens (including phenoxy) is 2. The molecule has 0 unspecified atom stereocenters. The normalized spacial score (nSPS) is 12.7. The number of aromatic nitrogens is 1. The molecule has 1 amide bonds. The van der Waals surface area contributed by atoms with Crippen LogP contribution in [-0.4, -0.2) is 35.4 Å². The fourth-order valence-electron chi connectivity index (χ4n) is 2.83. The Morgan fingerprint density at radius 2 is 1.93 bits per heavy atom. The highest BCUT2D eigenvalue weighted by atomic mass is 19.1. The minimum absolute atomic E-state index is 0.234. The number of esters is 1. The lowest BCUT2D eigenvalue weighted by Crippen LogP contribution is -2.35. The molecule has 0 radical (unpaired) electrons. The molecule has 0 saturated carbocycles. The second-order valence-electron chi connectivity index (χ2n) is 7.51. The van der Waals surface area contributed by atoms with Crippen molar-refractivity contribution in [2.24, 2.45) is 0 Å². The number of halogens is 1. The van der Waals surface area contributed by atoms with E-state index in [4.69, 9.17) is 9.47 Å². The van der Waals surface area contributed by atoms with Crippen molar-refractivity contribution in [2.45, 2.75) is 53.2 Å². The van der Waals surface area contributed by atoms with Crippen LogP contribution in [0.4, 0.5) is 9.18 Å². The highest BCUT2D eigenvalue weighted by molar-refractivity contribution is 5.96. The Bertz CT molecular complexity index is 852. The lowest BCUT2D eigenvalue weighted by atomic mass is 10.1. The third kappa shape index (κ3) is 4.99. The number of benzene rings is 1. The van der Waals surface area contributed by atoms with Crippen LogP contribution in [-0.2, 0) is 9.47 Å². The summed E-state index contributed by atoms with van der Waals surface area (Å²) in [7, 11) is 0. The lowest BCUT2D eigenvalue weighted by Gasteiger charge is -2.22. The van der Waals surface area contributed by atoms with Crippen LogP contribution >= 0.6 is 0 Å². The maximum Gasteiger partial charge on any atom is 0.407 e. The fraction of sp³-hybridized carbons (Fsp3) is 0.500. The maximum absolute atomic E-state index is 14.0. The molecule has 6 nitrogen and oxygen atoms in total. The van der Waals surface area contributed by atoms with Crippen LogP contribution < -0.4 is 5.32 Å². The minimum atomic E-state index is -0.599. The van der Waals surface area contributed by atoms with Gasteiger partial charge in [0.05, 0.1) is 6.61 Å². The Balaban J connectivity index is 2.36. The van der Waals surface area contributed by atoms with Crippen LogP contribution in [0.2, 0.25) is 0 Å². The molecule has 0 aliphatic carbocycles. The van der Waals surface area contributed by atoms with Gasteiger partial charge in [0.1, 0.15) is 17.1 Å². The number of aryl methyl sites for hydroxylation is 1. The molecule has 148 valence electrons. The molecule has 1 N–H and O–H groups in total. The first-order valence-electron chi connectivity index (χ1n) is 8.98. The first kappa shape index (κ1) is 20.7. The number of nitrogens with zero attached hydrogens (tertiary/aromatic N) is 1. The zero-order valence-electron chi connectivity index (χ0n) is 16.7. The van der Waals surface area contributed by atoms with Crippen LogP contribution in [0, 0.1) is 12.7 Å². The van der Waals surface area contributed by atoms with Gasteiger partial charge in [0.15, 0.2) is 0 Å². The zero-order chi connectivity index (χ0) is 20.4. The number of nitrogens with one attached hydrogen (secondary N) is 1. The van der Waals surface area contributed by atoms with E-state index in [9.17, 15) is 14.0 Å². The van der Waals surface area contributed by atoms with Gasteiger partial charge in [0.25, 0.3) is 0 Å². The smallest absolute Gasteiger partial charge is 0.407 e. The first-order chi connectivity index (χ1) is 12.5. The number of alkyl carbamates (subject to hydrolysis) is 1. The molecular formula is C20H27FN2O4. The summed E-state index contributed by atoms with van der Waals surface area (Å²) in [6.07, 6.45) is -0.536. The summed E-state index contributed by atoms with van der Waals surface area (Å²) >= 11 is 0. The van der Waals surface area contributed by atoms with E-state index >= 15 is 0 Å². The van der Waals surface area contributed by atoms with Gasteiger partial charge < -0.3 is 19.4 Å². The summed E-state index contributed by atoms with van der Waals surface area (Å²) in [5.41, 5.74) is 0.897. The van der Waals surface area contributed by atoms with E-state index in [1.165, 1.54) is 6.07 Å². The number of hydrogen-bond acceptors (Lipinski definition) is 4. The minimum Gasteiger partial charge on any atom is -0.461 e. The Morgan fingerprint density at radius 3 is 2.52 bits per heavy atom. The van der Waals surface area contributed by atoms with E-state index < -0.39 is 17.7 Å². The third-order valence-corrected chi connectivity index (χ3v) is 3.99. The van der Waals surface area contributed by atoms with Crippen molar-refractivity contribution in [3.63, 3.8) is 0 Å². The Hall–Kier alpha value is -2.57. The van der Waals surface area contributed by atoms with Crippen molar-refractivity contribution in [1.82, 2.24) is 9.88 Å². The second-order valence-corrected chi connectivity index (χ2v) is 7.51. The Kier molecular flexibility index (Phi) is 6.13. The van der Waals surface area contributed by atoms with Crippen LogP contribution in [0.5, 0.6) is 0 Å². The van der Waals surface area contributed by atoms with E-state index in [2.05, 4.69) is 5.32 Å². The molecule has 2 rings (SSSR count).